The maximum absolute atomic E-state index is 13.8. The lowest BCUT2D eigenvalue weighted by atomic mass is 9.88. The molecule has 3 aliphatic rings. The van der Waals surface area contributed by atoms with Gasteiger partial charge in [0.15, 0.2) is 0 Å². The molecule has 2 amide bonds. The second kappa shape index (κ2) is 8.09. The summed E-state index contributed by atoms with van der Waals surface area (Å²) >= 11 is 1.66. The Balaban J connectivity index is 0.00000205. The Morgan fingerprint density at radius 1 is 1.21 bits per heavy atom. The molecule has 1 spiro atoms. The molecule has 1 aromatic carbocycles. The molecule has 2 fully saturated rings. The summed E-state index contributed by atoms with van der Waals surface area (Å²) in [5.41, 5.74) is 3.18. The number of halogens is 1. The maximum atomic E-state index is 13.8. The molecule has 2 N–H and O–H groups in total. The standard InChI is InChI=1S/C22H25N3O2S.ClH/c26-20-11-17(16-3-1-2-4-18(16)24-20)21(27)25(13-15-5-10-28-14-15)19-12-22(19)6-8-23-9-7-22;/h1-5,10,14,17,19,23H,6-9,11-13H2,(H,24,26);1H. The third-order valence-corrected chi connectivity index (χ3v) is 7.37. The number of para-hydroxylation sites is 1. The maximum Gasteiger partial charge on any atom is 0.231 e. The second-order valence-electron chi connectivity index (χ2n) is 8.32. The van der Waals surface area contributed by atoms with E-state index in [0.29, 0.717) is 12.6 Å². The zero-order valence-corrected chi connectivity index (χ0v) is 17.9. The predicted molar refractivity (Wildman–Crippen MR) is 117 cm³/mol. The van der Waals surface area contributed by atoms with Crippen molar-refractivity contribution in [1.82, 2.24) is 10.2 Å². The monoisotopic (exact) mass is 431 g/mol. The van der Waals surface area contributed by atoms with Gasteiger partial charge in [-0.1, -0.05) is 18.2 Å². The van der Waals surface area contributed by atoms with Gasteiger partial charge in [0.1, 0.15) is 0 Å². The molecule has 1 saturated heterocycles. The number of amides is 2. The van der Waals surface area contributed by atoms with E-state index in [-0.39, 0.29) is 42.0 Å². The Kier molecular flexibility index (Phi) is 5.69. The van der Waals surface area contributed by atoms with Crippen LogP contribution in [0.3, 0.4) is 0 Å². The molecule has 2 aliphatic heterocycles. The summed E-state index contributed by atoms with van der Waals surface area (Å²) in [5.74, 6) is -0.350. The average molecular weight is 432 g/mol. The number of anilines is 1. The van der Waals surface area contributed by atoms with Crippen molar-refractivity contribution in [3.63, 3.8) is 0 Å². The van der Waals surface area contributed by atoms with Crippen LogP contribution in [0.2, 0.25) is 0 Å². The number of rotatable bonds is 4. The molecule has 5 rings (SSSR count). The van der Waals surface area contributed by atoms with E-state index in [1.807, 2.05) is 24.3 Å². The van der Waals surface area contributed by atoms with E-state index in [4.69, 9.17) is 0 Å². The van der Waals surface area contributed by atoms with Crippen LogP contribution >= 0.6 is 23.7 Å². The first-order valence-electron chi connectivity index (χ1n) is 10.1. The second-order valence-corrected chi connectivity index (χ2v) is 9.10. The number of nitrogens with zero attached hydrogens (tertiary/aromatic N) is 1. The lowest BCUT2D eigenvalue weighted by Crippen LogP contribution is -2.42. The highest BCUT2D eigenvalue weighted by Crippen LogP contribution is 2.56. The van der Waals surface area contributed by atoms with Gasteiger partial charge >= 0.3 is 0 Å². The smallest absolute Gasteiger partial charge is 0.231 e. The molecule has 2 atom stereocenters. The summed E-state index contributed by atoms with van der Waals surface area (Å²) < 4.78 is 0. The van der Waals surface area contributed by atoms with Crippen LogP contribution < -0.4 is 10.6 Å². The summed E-state index contributed by atoms with van der Waals surface area (Å²) in [6.07, 6.45) is 3.59. The van der Waals surface area contributed by atoms with E-state index >= 15 is 0 Å². The van der Waals surface area contributed by atoms with Gasteiger partial charge in [-0.25, -0.2) is 0 Å². The minimum atomic E-state index is -0.386. The van der Waals surface area contributed by atoms with Crippen LogP contribution in [0.1, 0.15) is 42.7 Å². The van der Waals surface area contributed by atoms with E-state index in [1.54, 1.807) is 11.3 Å². The highest BCUT2D eigenvalue weighted by Gasteiger charge is 2.58. The highest BCUT2D eigenvalue weighted by molar-refractivity contribution is 7.07. The van der Waals surface area contributed by atoms with Crippen LogP contribution in [0.4, 0.5) is 5.69 Å². The van der Waals surface area contributed by atoms with Crippen LogP contribution in [0.25, 0.3) is 0 Å². The summed E-state index contributed by atoms with van der Waals surface area (Å²) in [4.78, 5) is 28.1. The van der Waals surface area contributed by atoms with Gasteiger partial charge in [-0.2, -0.15) is 11.3 Å². The first-order chi connectivity index (χ1) is 13.7. The van der Waals surface area contributed by atoms with E-state index in [9.17, 15) is 9.59 Å². The Bertz CT molecular complexity index is 895. The van der Waals surface area contributed by atoms with Crippen LogP contribution in [0, 0.1) is 5.41 Å². The van der Waals surface area contributed by atoms with Crippen molar-refractivity contribution in [2.75, 3.05) is 18.4 Å². The Morgan fingerprint density at radius 3 is 2.76 bits per heavy atom. The number of fused-ring (bicyclic) bond motifs is 1. The lowest BCUT2D eigenvalue weighted by molar-refractivity contribution is -0.136. The fourth-order valence-corrected chi connectivity index (χ4v) is 5.64. The molecule has 1 aromatic heterocycles. The number of nitrogens with one attached hydrogen (secondary N) is 2. The van der Waals surface area contributed by atoms with Gasteiger partial charge in [0.25, 0.3) is 0 Å². The quantitative estimate of drug-likeness (QED) is 0.774. The van der Waals surface area contributed by atoms with Crippen LogP contribution in [-0.2, 0) is 16.1 Å². The fraction of sp³-hybridized carbons (Fsp3) is 0.455. The van der Waals surface area contributed by atoms with E-state index < -0.39 is 0 Å². The van der Waals surface area contributed by atoms with Crippen LogP contribution in [0.15, 0.2) is 41.1 Å². The zero-order valence-electron chi connectivity index (χ0n) is 16.2. The Morgan fingerprint density at radius 2 is 2.00 bits per heavy atom. The number of thiophene rings is 1. The molecule has 5 nitrogen and oxygen atoms in total. The van der Waals surface area contributed by atoms with Crippen molar-refractivity contribution in [1.29, 1.82) is 0 Å². The van der Waals surface area contributed by atoms with Crippen molar-refractivity contribution in [3.8, 4) is 0 Å². The molecule has 2 unspecified atom stereocenters. The molecule has 0 bridgehead atoms. The van der Waals surface area contributed by atoms with Gasteiger partial charge < -0.3 is 15.5 Å². The molecule has 0 radical (unpaired) electrons. The molecular formula is C22H26ClN3O2S. The molecular weight excluding hydrogens is 406 g/mol. The molecule has 1 aliphatic carbocycles. The lowest BCUT2D eigenvalue weighted by Gasteiger charge is -2.33. The highest BCUT2D eigenvalue weighted by atomic mass is 35.5. The molecule has 2 aromatic rings. The SMILES string of the molecule is Cl.O=C1CC(C(=O)N(Cc2ccsc2)C2CC23CCNCC3)c2ccccc2N1. The zero-order chi connectivity index (χ0) is 19.1. The number of carbonyl (C=O) groups is 2. The number of benzene rings is 1. The van der Waals surface area contributed by atoms with Gasteiger partial charge in [0, 0.05) is 24.7 Å². The van der Waals surface area contributed by atoms with Crippen molar-refractivity contribution in [2.45, 2.75) is 44.2 Å². The van der Waals surface area contributed by atoms with Crippen molar-refractivity contribution < 1.29 is 9.59 Å². The third kappa shape index (κ3) is 3.81. The molecule has 3 heterocycles. The first kappa shape index (κ1) is 20.4. The van der Waals surface area contributed by atoms with Gasteiger partial charge in [0.2, 0.25) is 11.8 Å². The van der Waals surface area contributed by atoms with Gasteiger partial charge in [-0.05, 0) is 71.8 Å². The summed E-state index contributed by atoms with van der Waals surface area (Å²) in [5, 5.41) is 10.5. The van der Waals surface area contributed by atoms with Crippen LogP contribution in [0.5, 0.6) is 0 Å². The van der Waals surface area contributed by atoms with Gasteiger partial charge in [0.05, 0.1) is 5.92 Å². The normalized spacial score (nSPS) is 24.2. The van der Waals surface area contributed by atoms with E-state index in [2.05, 4.69) is 32.4 Å². The molecule has 7 heteroatoms. The van der Waals surface area contributed by atoms with Crippen LogP contribution in [-0.4, -0.2) is 35.8 Å². The molecule has 1 saturated carbocycles. The summed E-state index contributed by atoms with van der Waals surface area (Å²) in [6.45, 7) is 2.71. The third-order valence-electron chi connectivity index (χ3n) is 6.64. The van der Waals surface area contributed by atoms with Crippen molar-refractivity contribution in [3.05, 3.63) is 52.2 Å². The molecule has 29 heavy (non-hydrogen) atoms. The summed E-state index contributed by atoms with van der Waals surface area (Å²) in [6, 6.07) is 10.1. The molecule has 154 valence electrons. The topological polar surface area (TPSA) is 61.4 Å². The van der Waals surface area contributed by atoms with Gasteiger partial charge in [-0.3, -0.25) is 9.59 Å². The van der Waals surface area contributed by atoms with Gasteiger partial charge in [-0.15, -0.1) is 12.4 Å². The largest absolute Gasteiger partial charge is 0.334 e. The Hall–Kier alpha value is -1.89. The minimum Gasteiger partial charge on any atom is -0.334 e. The average Bonchev–Trinajstić information content (AvgIpc) is 3.13. The van der Waals surface area contributed by atoms with Crippen molar-refractivity contribution in [2.24, 2.45) is 5.41 Å². The number of carbonyl (C=O) groups excluding carboxylic acids is 2. The predicted octanol–water partition coefficient (Wildman–Crippen LogP) is 3.77. The van der Waals surface area contributed by atoms with E-state index in [0.717, 1.165) is 43.6 Å². The first-order valence-corrected chi connectivity index (χ1v) is 11.0. The van der Waals surface area contributed by atoms with E-state index in [1.165, 1.54) is 5.56 Å². The Labute approximate surface area is 181 Å². The number of hydrogen-bond acceptors (Lipinski definition) is 4. The summed E-state index contributed by atoms with van der Waals surface area (Å²) in [7, 11) is 0. The fourth-order valence-electron chi connectivity index (χ4n) is 4.98. The minimum absolute atomic E-state index is 0. The van der Waals surface area contributed by atoms with Crippen molar-refractivity contribution >= 4 is 41.2 Å². The number of hydrogen-bond donors (Lipinski definition) is 2. The number of piperidine rings is 1.